The van der Waals surface area contributed by atoms with Crippen LogP contribution in [0.25, 0.3) is 93.8 Å². The molecule has 10 rings (SSSR count). The van der Waals surface area contributed by atoms with Gasteiger partial charge in [0.1, 0.15) is 16.9 Å². The molecule has 0 spiro atoms. The molecular formula is C42H25N3O. The molecule has 0 aliphatic carbocycles. The predicted molar refractivity (Wildman–Crippen MR) is 190 cm³/mol. The molecule has 46 heavy (non-hydrogen) atoms. The van der Waals surface area contributed by atoms with Crippen molar-refractivity contribution in [2.75, 3.05) is 0 Å². The number of furan rings is 1. The summed E-state index contributed by atoms with van der Waals surface area (Å²) in [5.41, 5.74) is 9.71. The molecule has 4 heteroatoms. The van der Waals surface area contributed by atoms with Gasteiger partial charge < -0.3 is 4.42 Å². The van der Waals surface area contributed by atoms with Gasteiger partial charge in [0.25, 0.3) is 0 Å². The SMILES string of the molecule is c1ccc(-c2ccc3c4c5oc6ccccc6c5ccc4n(-c4nc5ccccc5nc4-c4ccc5ccccc5c4)c3c2)cc1. The molecule has 0 fully saturated rings. The maximum absolute atomic E-state index is 6.62. The minimum absolute atomic E-state index is 0.787. The van der Waals surface area contributed by atoms with Gasteiger partial charge in [-0.05, 0) is 64.4 Å². The van der Waals surface area contributed by atoms with Crippen LogP contribution in [-0.4, -0.2) is 14.5 Å². The molecule has 3 aromatic heterocycles. The van der Waals surface area contributed by atoms with Crippen molar-refractivity contribution in [3.63, 3.8) is 0 Å². The topological polar surface area (TPSA) is 43.9 Å². The molecule has 0 aliphatic heterocycles. The second-order valence-electron chi connectivity index (χ2n) is 11.8. The van der Waals surface area contributed by atoms with Crippen LogP contribution in [0.4, 0.5) is 0 Å². The fraction of sp³-hybridized carbons (Fsp3) is 0. The third kappa shape index (κ3) is 3.67. The number of hydrogen-bond donors (Lipinski definition) is 0. The molecule has 0 saturated heterocycles. The Bertz CT molecular complexity index is 2810. The van der Waals surface area contributed by atoms with E-state index in [1.165, 1.54) is 10.8 Å². The van der Waals surface area contributed by atoms with E-state index in [0.717, 1.165) is 83.0 Å². The standard InChI is InChI=1S/C42H25N3O/c1-2-10-26(11-3-1)29-20-21-33-37(25-29)45(36-23-22-32-31-14-6-9-17-38(31)46-41(32)39(33)36)42-40(43-34-15-7-8-16-35(34)44-42)30-19-18-27-12-4-5-13-28(27)24-30/h1-25H. The van der Waals surface area contributed by atoms with Gasteiger partial charge in [-0.25, -0.2) is 9.97 Å². The number of fused-ring (bicyclic) bond motifs is 9. The lowest BCUT2D eigenvalue weighted by Gasteiger charge is -2.14. The summed E-state index contributed by atoms with van der Waals surface area (Å²) in [6, 6.07) is 53.0. The molecule has 0 aliphatic rings. The van der Waals surface area contributed by atoms with Gasteiger partial charge in [-0.2, -0.15) is 0 Å². The molecule has 0 saturated carbocycles. The summed E-state index contributed by atoms with van der Waals surface area (Å²) in [5.74, 6) is 0.787. The zero-order valence-electron chi connectivity index (χ0n) is 24.7. The third-order valence-corrected chi connectivity index (χ3v) is 9.17. The molecule has 10 aromatic rings. The lowest BCUT2D eigenvalue weighted by Crippen LogP contribution is -2.03. The Hall–Kier alpha value is -6.26. The quantitative estimate of drug-likeness (QED) is 0.207. The van der Waals surface area contributed by atoms with E-state index >= 15 is 0 Å². The van der Waals surface area contributed by atoms with E-state index in [-0.39, 0.29) is 0 Å². The highest BCUT2D eigenvalue weighted by Crippen LogP contribution is 2.43. The van der Waals surface area contributed by atoms with E-state index in [9.17, 15) is 0 Å². The maximum Gasteiger partial charge on any atom is 0.165 e. The van der Waals surface area contributed by atoms with Crippen LogP contribution in [-0.2, 0) is 0 Å². The van der Waals surface area contributed by atoms with Crippen LogP contribution in [0.5, 0.6) is 0 Å². The summed E-state index contributed by atoms with van der Waals surface area (Å²) in [5, 5.41) is 6.76. The van der Waals surface area contributed by atoms with Gasteiger partial charge in [-0.3, -0.25) is 4.57 Å². The molecule has 0 bridgehead atoms. The van der Waals surface area contributed by atoms with E-state index < -0.39 is 0 Å². The van der Waals surface area contributed by atoms with Gasteiger partial charge in [0.05, 0.1) is 27.5 Å². The van der Waals surface area contributed by atoms with Crippen LogP contribution in [0.1, 0.15) is 0 Å². The van der Waals surface area contributed by atoms with Crippen molar-refractivity contribution in [3.05, 3.63) is 152 Å². The summed E-state index contributed by atoms with van der Waals surface area (Å²) in [4.78, 5) is 10.7. The monoisotopic (exact) mass is 587 g/mol. The first-order valence-electron chi connectivity index (χ1n) is 15.5. The highest BCUT2D eigenvalue weighted by atomic mass is 16.3. The van der Waals surface area contributed by atoms with Crippen LogP contribution in [0.2, 0.25) is 0 Å². The summed E-state index contributed by atoms with van der Waals surface area (Å²) in [6.07, 6.45) is 0. The molecule has 0 amide bonds. The Labute approximate surface area is 263 Å². The molecule has 0 radical (unpaired) electrons. The summed E-state index contributed by atoms with van der Waals surface area (Å²) in [6.45, 7) is 0. The van der Waals surface area contributed by atoms with Gasteiger partial charge in [0, 0.05) is 21.7 Å². The van der Waals surface area contributed by atoms with Gasteiger partial charge >= 0.3 is 0 Å². The minimum Gasteiger partial charge on any atom is -0.455 e. The van der Waals surface area contributed by atoms with Crippen LogP contribution >= 0.6 is 0 Å². The van der Waals surface area contributed by atoms with E-state index in [1.807, 2.05) is 36.4 Å². The highest BCUT2D eigenvalue weighted by molar-refractivity contribution is 6.24. The molecule has 214 valence electrons. The van der Waals surface area contributed by atoms with Crippen LogP contribution in [0, 0.1) is 0 Å². The van der Waals surface area contributed by atoms with Crippen molar-refractivity contribution >= 4 is 65.6 Å². The third-order valence-electron chi connectivity index (χ3n) is 9.17. The highest BCUT2D eigenvalue weighted by Gasteiger charge is 2.23. The van der Waals surface area contributed by atoms with Crippen molar-refractivity contribution in [1.82, 2.24) is 14.5 Å². The van der Waals surface area contributed by atoms with Gasteiger partial charge in [0.2, 0.25) is 0 Å². The predicted octanol–water partition coefficient (Wildman–Crippen LogP) is 11.1. The van der Waals surface area contributed by atoms with Crippen LogP contribution in [0.3, 0.4) is 0 Å². The smallest absolute Gasteiger partial charge is 0.165 e. The number of nitrogens with zero attached hydrogens (tertiary/aromatic N) is 3. The molecule has 0 N–H and O–H groups in total. The number of benzene rings is 7. The summed E-state index contributed by atoms with van der Waals surface area (Å²) < 4.78 is 8.91. The van der Waals surface area contributed by atoms with Crippen molar-refractivity contribution < 1.29 is 4.42 Å². The molecular weight excluding hydrogens is 562 g/mol. The second kappa shape index (κ2) is 9.62. The zero-order valence-corrected chi connectivity index (χ0v) is 24.7. The Morgan fingerprint density at radius 2 is 1.17 bits per heavy atom. The molecule has 7 aromatic carbocycles. The average molecular weight is 588 g/mol. The summed E-state index contributed by atoms with van der Waals surface area (Å²) >= 11 is 0. The Morgan fingerprint density at radius 3 is 2.07 bits per heavy atom. The lowest BCUT2D eigenvalue weighted by molar-refractivity contribution is 0.673. The maximum atomic E-state index is 6.62. The Morgan fingerprint density at radius 1 is 0.457 bits per heavy atom. The van der Waals surface area contributed by atoms with Crippen molar-refractivity contribution in [2.45, 2.75) is 0 Å². The molecule has 4 nitrogen and oxygen atoms in total. The van der Waals surface area contributed by atoms with E-state index in [2.05, 4.69) is 120 Å². The van der Waals surface area contributed by atoms with Crippen molar-refractivity contribution in [2.24, 2.45) is 0 Å². The fourth-order valence-electron chi connectivity index (χ4n) is 7.00. The summed E-state index contributed by atoms with van der Waals surface area (Å²) in [7, 11) is 0. The number of aromatic nitrogens is 3. The largest absolute Gasteiger partial charge is 0.455 e. The first-order chi connectivity index (χ1) is 22.8. The van der Waals surface area contributed by atoms with E-state index in [0.29, 0.717) is 0 Å². The van der Waals surface area contributed by atoms with Gasteiger partial charge in [-0.1, -0.05) is 109 Å². The Balaban J connectivity index is 1.37. The van der Waals surface area contributed by atoms with Crippen LogP contribution in [0.15, 0.2) is 156 Å². The molecule has 0 atom stereocenters. The molecule has 0 unspecified atom stereocenters. The second-order valence-corrected chi connectivity index (χ2v) is 11.8. The molecule has 3 heterocycles. The first kappa shape index (κ1) is 25.1. The van der Waals surface area contributed by atoms with E-state index in [1.54, 1.807) is 0 Å². The number of hydrogen-bond acceptors (Lipinski definition) is 3. The first-order valence-corrected chi connectivity index (χ1v) is 15.5. The fourth-order valence-corrected chi connectivity index (χ4v) is 7.00. The zero-order chi connectivity index (χ0) is 30.2. The number of para-hydroxylation sites is 3. The van der Waals surface area contributed by atoms with Crippen molar-refractivity contribution in [3.8, 4) is 28.2 Å². The van der Waals surface area contributed by atoms with Crippen molar-refractivity contribution in [1.29, 1.82) is 0 Å². The van der Waals surface area contributed by atoms with E-state index in [4.69, 9.17) is 14.4 Å². The average Bonchev–Trinajstić information content (AvgIpc) is 3.66. The Kier molecular flexibility index (Phi) is 5.25. The van der Waals surface area contributed by atoms with Gasteiger partial charge in [-0.15, -0.1) is 0 Å². The minimum atomic E-state index is 0.787. The lowest BCUT2D eigenvalue weighted by atomic mass is 10.0. The normalized spacial score (nSPS) is 11.9. The number of rotatable bonds is 3. The van der Waals surface area contributed by atoms with Crippen LogP contribution < -0.4 is 0 Å². The van der Waals surface area contributed by atoms with Gasteiger partial charge in [0.15, 0.2) is 5.82 Å².